The maximum absolute atomic E-state index is 9.29. The van der Waals surface area contributed by atoms with E-state index in [1.165, 1.54) is 0 Å². The van der Waals surface area contributed by atoms with E-state index >= 15 is 0 Å². The molecule has 2 aromatic heterocycles. The minimum atomic E-state index is 0.165. The van der Waals surface area contributed by atoms with Crippen LogP contribution in [0.2, 0.25) is 0 Å². The number of fused-ring (bicyclic) bond motifs is 3. The monoisotopic (exact) mass is 742 g/mol. The fourth-order valence-corrected chi connectivity index (χ4v) is 7.60. The van der Waals surface area contributed by atoms with Crippen molar-refractivity contribution in [1.29, 1.82) is 10.8 Å². The molecule has 0 fully saturated rings. The molecule has 58 heavy (non-hydrogen) atoms. The Balaban J connectivity index is 1.05. The van der Waals surface area contributed by atoms with E-state index < -0.39 is 0 Å². The lowest BCUT2D eigenvalue weighted by atomic mass is 9.82. The SMILES string of the molecule is N=C1C(=N)c2c(c(-c3ccccc3)nc3ccccc23)C=C1c1ccc(-c2nc(-c3ccc(-c4ccccc4)cc3)nc(-c3ccc(-c4ccccc4)cc3)n2)cc1. The van der Waals surface area contributed by atoms with E-state index in [0.29, 0.717) is 23.0 Å². The van der Waals surface area contributed by atoms with Gasteiger partial charge in [0.2, 0.25) is 0 Å². The molecule has 0 unspecified atom stereocenters. The van der Waals surface area contributed by atoms with Gasteiger partial charge in [-0.25, -0.2) is 19.9 Å². The zero-order chi connectivity index (χ0) is 39.0. The predicted octanol–water partition coefficient (Wildman–Crippen LogP) is 12.4. The van der Waals surface area contributed by atoms with E-state index in [1.54, 1.807) is 0 Å². The molecular weight excluding hydrogens is 709 g/mol. The van der Waals surface area contributed by atoms with Crippen molar-refractivity contribution in [3.63, 3.8) is 0 Å². The van der Waals surface area contributed by atoms with Gasteiger partial charge in [0.1, 0.15) is 0 Å². The van der Waals surface area contributed by atoms with Gasteiger partial charge in [-0.15, -0.1) is 0 Å². The number of nitrogens with one attached hydrogen (secondary N) is 2. The van der Waals surface area contributed by atoms with Gasteiger partial charge in [-0.05, 0) is 40.0 Å². The highest BCUT2D eigenvalue weighted by Gasteiger charge is 2.28. The third kappa shape index (κ3) is 6.38. The van der Waals surface area contributed by atoms with Crippen LogP contribution in [0.15, 0.2) is 188 Å². The van der Waals surface area contributed by atoms with E-state index in [9.17, 15) is 10.8 Å². The number of benzene rings is 7. The highest BCUT2D eigenvalue weighted by molar-refractivity contribution is 6.64. The molecule has 1 aliphatic rings. The molecule has 1 aliphatic carbocycles. The third-order valence-electron chi connectivity index (χ3n) is 10.6. The summed E-state index contributed by atoms with van der Waals surface area (Å²) in [4.78, 5) is 20.1. The predicted molar refractivity (Wildman–Crippen MR) is 237 cm³/mol. The molecule has 2 N–H and O–H groups in total. The van der Waals surface area contributed by atoms with Crippen molar-refractivity contribution in [3.8, 4) is 67.7 Å². The minimum absolute atomic E-state index is 0.165. The van der Waals surface area contributed by atoms with Crippen molar-refractivity contribution in [2.24, 2.45) is 0 Å². The number of nitrogens with zero attached hydrogens (tertiary/aromatic N) is 4. The molecule has 272 valence electrons. The second-order valence-corrected chi connectivity index (χ2v) is 14.2. The first-order valence-electron chi connectivity index (χ1n) is 19.1. The fraction of sp³-hybridized carbons (Fsp3) is 0. The Labute approximate surface area is 336 Å². The average molecular weight is 743 g/mol. The Kier molecular flexibility index (Phi) is 8.69. The summed E-state index contributed by atoms with van der Waals surface area (Å²) in [6.45, 7) is 0. The summed E-state index contributed by atoms with van der Waals surface area (Å²) in [5, 5.41) is 19.4. The smallest absolute Gasteiger partial charge is 0.164 e. The highest BCUT2D eigenvalue weighted by Crippen LogP contribution is 2.38. The van der Waals surface area contributed by atoms with Crippen LogP contribution < -0.4 is 0 Å². The van der Waals surface area contributed by atoms with Crippen LogP contribution in [0.4, 0.5) is 0 Å². The van der Waals surface area contributed by atoms with Gasteiger partial charge < -0.3 is 0 Å². The lowest BCUT2D eigenvalue weighted by Crippen LogP contribution is -2.21. The zero-order valence-corrected chi connectivity index (χ0v) is 31.3. The van der Waals surface area contributed by atoms with E-state index in [-0.39, 0.29) is 11.4 Å². The molecule has 0 aliphatic heterocycles. The van der Waals surface area contributed by atoms with Crippen LogP contribution in [0.3, 0.4) is 0 Å². The molecule has 7 aromatic carbocycles. The van der Waals surface area contributed by atoms with Gasteiger partial charge in [0.15, 0.2) is 17.5 Å². The molecule has 0 bridgehead atoms. The molecule has 0 atom stereocenters. The van der Waals surface area contributed by atoms with Crippen LogP contribution in [0.5, 0.6) is 0 Å². The van der Waals surface area contributed by atoms with Crippen molar-refractivity contribution < 1.29 is 0 Å². The quantitative estimate of drug-likeness (QED) is 0.170. The van der Waals surface area contributed by atoms with Gasteiger partial charge in [0.05, 0.1) is 22.6 Å². The molecule has 10 rings (SSSR count). The van der Waals surface area contributed by atoms with E-state index in [1.807, 2.05) is 121 Å². The molecule has 6 heteroatoms. The van der Waals surface area contributed by atoms with Crippen molar-refractivity contribution in [3.05, 3.63) is 205 Å². The topological polar surface area (TPSA) is 99.3 Å². The first kappa shape index (κ1) is 34.5. The molecule has 9 aromatic rings. The molecule has 6 nitrogen and oxygen atoms in total. The van der Waals surface area contributed by atoms with Crippen molar-refractivity contribution >= 4 is 34.0 Å². The van der Waals surface area contributed by atoms with Gasteiger partial charge in [-0.2, -0.15) is 0 Å². The maximum Gasteiger partial charge on any atom is 0.164 e. The van der Waals surface area contributed by atoms with Gasteiger partial charge in [0, 0.05) is 44.3 Å². The second-order valence-electron chi connectivity index (χ2n) is 14.2. The highest BCUT2D eigenvalue weighted by atomic mass is 15.0. The Hall–Kier alpha value is -7.96. The van der Waals surface area contributed by atoms with Crippen LogP contribution in [-0.2, 0) is 0 Å². The molecule has 0 amide bonds. The number of para-hydroxylation sites is 1. The molecule has 0 saturated carbocycles. The lowest BCUT2D eigenvalue weighted by molar-refractivity contribution is 1.07. The fourth-order valence-electron chi connectivity index (χ4n) is 7.60. The average Bonchev–Trinajstić information content (AvgIpc) is 3.30. The number of pyridine rings is 1. The summed E-state index contributed by atoms with van der Waals surface area (Å²) in [7, 11) is 0. The van der Waals surface area contributed by atoms with Crippen LogP contribution in [-0.4, -0.2) is 31.4 Å². The summed E-state index contributed by atoms with van der Waals surface area (Å²) in [6.07, 6.45) is 2.02. The summed E-state index contributed by atoms with van der Waals surface area (Å²) >= 11 is 0. The minimum Gasteiger partial charge on any atom is -0.298 e. The number of aromatic nitrogens is 4. The molecule has 0 radical (unpaired) electrons. The van der Waals surface area contributed by atoms with Crippen molar-refractivity contribution in [2.45, 2.75) is 0 Å². The third-order valence-corrected chi connectivity index (χ3v) is 10.6. The number of hydrogen-bond acceptors (Lipinski definition) is 6. The van der Waals surface area contributed by atoms with E-state index in [0.717, 1.165) is 77.8 Å². The largest absolute Gasteiger partial charge is 0.298 e. The number of allylic oxidation sites excluding steroid dienone is 1. The van der Waals surface area contributed by atoms with Crippen LogP contribution >= 0.6 is 0 Å². The Morgan fingerprint density at radius 2 is 0.690 bits per heavy atom. The van der Waals surface area contributed by atoms with E-state index in [4.69, 9.17) is 19.9 Å². The normalized spacial score (nSPS) is 12.3. The summed E-state index contributed by atoms with van der Waals surface area (Å²) in [5.41, 5.74) is 13.0. The Morgan fingerprint density at radius 1 is 0.310 bits per heavy atom. The van der Waals surface area contributed by atoms with Gasteiger partial charge in [-0.1, -0.05) is 182 Å². The standard InChI is InChI=1S/C52H34N6/c53-47-43(32-44-46(48(47)54)42-18-10-11-19-45(42)55-49(44)38-16-8-3-9-17-38)37-24-30-41(31-25-37)52-57-50(39-26-20-35(21-27-39)33-12-4-1-5-13-33)56-51(58-52)40-28-22-36(23-29-40)34-14-6-2-7-15-34/h1-32,53-54H. The molecule has 0 spiro atoms. The summed E-state index contributed by atoms with van der Waals surface area (Å²) < 4.78 is 0. The van der Waals surface area contributed by atoms with Gasteiger partial charge >= 0.3 is 0 Å². The Bertz CT molecular complexity index is 2930. The lowest BCUT2D eigenvalue weighted by Gasteiger charge is -2.23. The first-order chi connectivity index (χ1) is 28.6. The summed E-state index contributed by atoms with van der Waals surface area (Å²) in [6, 6.07) is 63.1. The Morgan fingerprint density at radius 3 is 1.17 bits per heavy atom. The first-order valence-corrected chi connectivity index (χ1v) is 19.1. The molecule has 2 heterocycles. The second kappa shape index (κ2) is 14.6. The van der Waals surface area contributed by atoms with Crippen molar-refractivity contribution in [1.82, 2.24) is 19.9 Å². The molecular formula is C52H34N6. The van der Waals surface area contributed by atoms with Crippen LogP contribution in [0.25, 0.3) is 90.2 Å². The number of hydrogen-bond donors (Lipinski definition) is 2. The van der Waals surface area contributed by atoms with E-state index in [2.05, 4.69) is 72.8 Å². The zero-order valence-electron chi connectivity index (χ0n) is 31.3. The van der Waals surface area contributed by atoms with Crippen LogP contribution in [0.1, 0.15) is 16.7 Å². The van der Waals surface area contributed by atoms with Crippen molar-refractivity contribution in [2.75, 3.05) is 0 Å². The molecule has 0 saturated heterocycles. The van der Waals surface area contributed by atoms with Crippen LogP contribution in [0, 0.1) is 10.8 Å². The summed E-state index contributed by atoms with van der Waals surface area (Å²) in [5.74, 6) is 1.69. The number of rotatable bonds is 7. The van der Waals surface area contributed by atoms with Gasteiger partial charge in [-0.3, -0.25) is 10.8 Å². The van der Waals surface area contributed by atoms with Gasteiger partial charge in [0.25, 0.3) is 0 Å². The maximum atomic E-state index is 9.29.